The predicted molar refractivity (Wildman–Crippen MR) is 408 cm³/mol. The van der Waals surface area contributed by atoms with Crippen molar-refractivity contribution in [2.45, 2.75) is 316 Å². The number of carbonyl (C=O) groups is 4. The van der Waals surface area contributed by atoms with Crippen molar-refractivity contribution in [3.8, 4) is 0 Å². The smallest absolute Gasteiger partial charge is 0.462 e. The molecule has 0 aromatic heterocycles. The van der Waals surface area contributed by atoms with Crippen molar-refractivity contribution in [1.29, 1.82) is 0 Å². The van der Waals surface area contributed by atoms with Gasteiger partial charge >= 0.3 is 39.5 Å². The molecule has 19 heteroatoms. The molecular formula is C81H136O17P2. The fourth-order valence-electron chi connectivity index (χ4n) is 9.76. The molecule has 5 atom stereocenters. The van der Waals surface area contributed by atoms with E-state index in [1.807, 2.05) is 18.2 Å². The van der Waals surface area contributed by atoms with Gasteiger partial charge in [-0.05, 0) is 141 Å². The molecule has 0 aromatic carbocycles. The van der Waals surface area contributed by atoms with Crippen LogP contribution in [0.5, 0.6) is 0 Å². The van der Waals surface area contributed by atoms with Crippen molar-refractivity contribution >= 4 is 39.5 Å². The summed E-state index contributed by atoms with van der Waals surface area (Å²) in [6.07, 6.45) is 80.3. The highest BCUT2D eigenvalue weighted by Crippen LogP contribution is 2.45. The van der Waals surface area contributed by atoms with Gasteiger partial charge < -0.3 is 33.8 Å². The third kappa shape index (κ3) is 71.6. The van der Waals surface area contributed by atoms with E-state index < -0.39 is 97.5 Å². The average molecular weight is 1440 g/mol. The van der Waals surface area contributed by atoms with Gasteiger partial charge in [-0.25, -0.2) is 9.13 Å². The van der Waals surface area contributed by atoms with Crippen molar-refractivity contribution < 1.29 is 80.2 Å². The number of hydrogen-bond acceptors (Lipinski definition) is 15. The summed E-state index contributed by atoms with van der Waals surface area (Å²) in [5.41, 5.74) is 0. The summed E-state index contributed by atoms with van der Waals surface area (Å²) in [4.78, 5) is 72.8. The second-order valence-corrected chi connectivity index (χ2v) is 28.1. The molecule has 0 amide bonds. The first-order valence-corrected chi connectivity index (χ1v) is 41.4. The first-order valence-electron chi connectivity index (χ1n) is 38.4. The lowest BCUT2D eigenvalue weighted by Crippen LogP contribution is -2.30. The first-order chi connectivity index (χ1) is 48.7. The number of aliphatic hydroxyl groups is 1. The van der Waals surface area contributed by atoms with Crippen molar-refractivity contribution in [3.63, 3.8) is 0 Å². The minimum atomic E-state index is -5.00. The number of phosphoric acid groups is 2. The summed E-state index contributed by atoms with van der Waals surface area (Å²) in [6.45, 7) is 4.47. The molecular weight excluding hydrogens is 1310 g/mol. The molecule has 0 saturated carbocycles. The van der Waals surface area contributed by atoms with Crippen molar-refractivity contribution in [1.82, 2.24) is 0 Å². The normalized spacial score (nSPS) is 14.7. The van der Waals surface area contributed by atoms with Crippen LogP contribution in [0.4, 0.5) is 0 Å². The first kappa shape index (κ1) is 95.2. The van der Waals surface area contributed by atoms with E-state index in [4.69, 9.17) is 37.0 Å². The van der Waals surface area contributed by atoms with E-state index >= 15 is 0 Å². The van der Waals surface area contributed by atoms with Gasteiger partial charge in [-0.3, -0.25) is 37.3 Å². The molecule has 5 unspecified atom stereocenters. The van der Waals surface area contributed by atoms with E-state index in [9.17, 15) is 43.2 Å². The molecule has 0 fully saturated rings. The molecule has 0 aliphatic heterocycles. The minimum Gasteiger partial charge on any atom is -0.462 e. The topological polar surface area (TPSA) is 237 Å². The van der Waals surface area contributed by atoms with Gasteiger partial charge in [0, 0.05) is 25.7 Å². The Morgan fingerprint density at radius 1 is 0.290 bits per heavy atom. The van der Waals surface area contributed by atoms with Gasteiger partial charge in [0.1, 0.15) is 19.3 Å². The molecule has 0 aliphatic carbocycles. The SMILES string of the molecule is CC/C=C\C/C=C\C/C=C\C/C=C\C/C=C\C/C=C\CCC(=O)OCC(COP(=O)(O)OCC(O)COP(=O)(O)OCC(COC(=O)CCCCCCC/C=C\C/C=C\C/C=C\CC)OC(=O)CCCCCCC/C=C\CCCC)OC(=O)CCCCCCC/C=C\CCCCCCCC. The summed E-state index contributed by atoms with van der Waals surface area (Å²) in [5.74, 6) is -2.31. The maximum atomic E-state index is 13.1. The highest BCUT2D eigenvalue weighted by atomic mass is 31.2. The number of allylic oxidation sites excluding steroid dienone is 22. The van der Waals surface area contributed by atoms with E-state index in [-0.39, 0.29) is 25.7 Å². The maximum Gasteiger partial charge on any atom is 0.472 e. The molecule has 3 N–H and O–H groups in total. The zero-order valence-electron chi connectivity index (χ0n) is 62.3. The lowest BCUT2D eigenvalue weighted by atomic mass is 10.1. The molecule has 0 aliphatic rings. The Hall–Kier alpha value is -4.80. The zero-order chi connectivity index (χ0) is 73.2. The Balaban J connectivity index is 5.42. The fraction of sp³-hybridized carbons (Fsp3) is 0.679. The van der Waals surface area contributed by atoms with Crippen molar-refractivity contribution in [3.05, 3.63) is 134 Å². The number of esters is 4. The van der Waals surface area contributed by atoms with Crippen LogP contribution in [-0.2, 0) is 65.4 Å². The summed E-state index contributed by atoms with van der Waals surface area (Å²) in [5, 5.41) is 10.6. The Bertz CT molecular complexity index is 2420. The van der Waals surface area contributed by atoms with E-state index in [0.717, 1.165) is 161 Å². The van der Waals surface area contributed by atoms with Gasteiger partial charge in [-0.15, -0.1) is 0 Å². The lowest BCUT2D eigenvalue weighted by molar-refractivity contribution is -0.161. The van der Waals surface area contributed by atoms with Gasteiger partial charge in [-0.1, -0.05) is 264 Å². The quantitative estimate of drug-likeness (QED) is 0.0169. The molecule has 100 heavy (non-hydrogen) atoms. The fourth-order valence-corrected chi connectivity index (χ4v) is 11.3. The molecule has 0 heterocycles. The van der Waals surface area contributed by atoms with Crippen molar-refractivity contribution in [2.75, 3.05) is 39.6 Å². The molecule has 0 radical (unpaired) electrons. The van der Waals surface area contributed by atoms with Gasteiger partial charge in [0.25, 0.3) is 0 Å². The summed E-state index contributed by atoms with van der Waals surface area (Å²) < 4.78 is 68.3. The molecule has 0 spiro atoms. The number of ether oxygens (including phenoxy) is 4. The standard InChI is InChI=1S/C81H136O17P2/c1-5-9-13-17-21-25-29-32-35-36-37-38-41-43-47-50-54-58-62-66-79(84)92-72-77(98-81(86)68-64-60-56-52-48-44-40-34-31-27-23-19-15-11-7-3)74-96-100(89,90)94-70-75(82)69-93-99(87,88)95-73-76(97-80(85)67-63-59-55-51-45-28-24-20-16-12-8-4)71-91-78(83)65-61-57-53-49-46-42-39-33-30-26-22-18-14-10-6-2/h9-10,13-14,20-22,24-26,32-35,37-40,43,47,54,58,75-77,82H,5-8,11-12,15-19,23,27-31,36,41-42,44-46,48-53,55-57,59-74H2,1-4H3,(H,87,88)(H,89,90)/b13-9-,14-10-,24-20-,25-21-,26-22-,35-32-,38-37-,39-33-,40-34-,47-43-,58-54-. The number of unbranched alkanes of at least 4 members (excludes halogenated alkanes) is 23. The van der Waals surface area contributed by atoms with E-state index in [2.05, 4.69) is 143 Å². The van der Waals surface area contributed by atoms with Crippen LogP contribution in [0.1, 0.15) is 297 Å². The van der Waals surface area contributed by atoms with Crippen LogP contribution in [0.25, 0.3) is 0 Å². The van der Waals surface area contributed by atoms with Gasteiger partial charge in [0.15, 0.2) is 12.2 Å². The van der Waals surface area contributed by atoms with Gasteiger partial charge in [-0.2, -0.15) is 0 Å². The Morgan fingerprint density at radius 3 is 0.900 bits per heavy atom. The molecule has 17 nitrogen and oxygen atoms in total. The highest BCUT2D eigenvalue weighted by molar-refractivity contribution is 7.47. The van der Waals surface area contributed by atoms with Crippen LogP contribution >= 0.6 is 15.6 Å². The minimum absolute atomic E-state index is 0.0319. The number of phosphoric ester groups is 2. The second-order valence-electron chi connectivity index (χ2n) is 25.2. The molecule has 0 aromatic rings. The lowest BCUT2D eigenvalue weighted by Gasteiger charge is -2.21. The number of rotatable bonds is 71. The monoisotopic (exact) mass is 1440 g/mol. The van der Waals surface area contributed by atoms with Crippen LogP contribution in [0.15, 0.2) is 134 Å². The number of carbonyl (C=O) groups excluding carboxylic acids is 4. The maximum absolute atomic E-state index is 13.1. The molecule has 0 bridgehead atoms. The Labute approximate surface area is 605 Å². The molecule has 0 saturated heterocycles. The van der Waals surface area contributed by atoms with Crippen LogP contribution in [0, 0.1) is 0 Å². The molecule has 0 rings (SSSR count). The third-order valence-corrected chi connectivity index (χ3v) is 17.5. The third-order valence-electron chi connectivity index (χ3n) is 15.6. The van der Waals surface area contributed by atoms with Gasteiger partial charge in [0.05, 0.1) is 26.4 Å². The Kier molecular flexibility index (Phi) is 69.1. The van der Waals surface area contributed by atoms with E-state index in [1.54, 1.807) is 0 Å². The predicted octanol–water partition coefficient (Wildman–Crippen LogP) is 22.1. The highest BCUT2D eigenvalue weighted by Gasteiger charge is 2.30. The van der Waals surface area contributed by atoms with E-state index in [0.29, 0.717) is 32.1 Å². The number of aliphatic hydroxyl groups excluding tert-OH is 1. The van der Waals surface area contributed by atoms with Crippen LogP contribution < -0.4 is 0 Å². The summed E-state index contributed by atoms with van der Waals surface area (Å²) >= 11 is 0. The van der Waals surface area contributed by atoms with Gasteiger partial charge in [0.2, 0.25) is 0 Å². The number of hydrogen-bond donors (Lipinski definition) is 3. The van der Waals surface area contributed by atoms with Crippen LogP contribution in [-0.4, -0.2) is 96.7 Å². The largest absolute Gasteiger partial charge is 0.472 e. The van der Waals surface area contributed by atoms with E-state index in [1.165, 1.54) is 51.4 Å². The van der Waals surface area contributed by atoms with Crippen LogP contribution in [0.3, 0.4) is 0 Å². The molecule has 572 valence electrons. The summed E-state index contributed by atoms with van der Waals surface area (Å²) in [6, 6.07) is 0. The second kappa shape index (κ2) is 72.5. The average Bonchev–Trinajstić information content (AvgIpc) is 0.985. The van der Waals surface area contributed by atoms with Crippen LogP contribution in [0.2, 0.25) is 0 Å². The zero-order valence-corrected chi connectivity index (χ0v) is 64.1. The Morgan fingerprint density at radius 2 is 0.550 bits per heavy atom. The van der Waals surface area contributed by atoms with Crippen molar-refractivity contribution in [2.24, 2.45) is 0 Å². The summed E-state index contributed by atoms with van der Waals surface area (Å²) in [7, 11) is -9.98.